The Morgan fingerprint density at radius 1 is 0.659 bits per heavy atom. The first-order valence-electron chi connectivity index (χ1n) is 14.2. The largest absolute Gasteiger partial charge is 0.467 e. The number of alkyl halides is 6. The SMILES string of the molecule is Cc1ccc2c(c1)C1(c3ccccn3)c3ccccc3-c3cccc(C)c3-c3ccc-2c1c3CCN(C(F)(F)F)C(F)(F)F. The van der Waals surface area contributed by atoms with Crippen LogP contribution in [0.5, 0.6) is 0 Å². The molecule has 1 atom stereocenters. The van der Waals surface area contributed by atoms with Gasteiger partial charge in [-0.2, -0.15) is 26.3 Å². The van der Waals surface area contributed by atoms with E-state index in [0.717, 1.165) is 50.1 Å². The lowest BCUT2D eigenvalue weighted by atomic mass is 9.64. The van der Waals surface area contributed by atoms with E-state index in [4.69, 9.17) is 4.98 Å². The van der Waals surface area contributed by atoms with Gasteiger partial charge in [-0.05, 0) is 93.6 Å². The quantitative estimate of drug-likeness (QED) is 0.148. The maximum atomic E-state index is 13.8. The van der Waals surface area contributed by atoms with E-state index >= 15 is 0 Å². The summed E-state index contributed by atoms with van der Waals surface area (Å²) in [5.74, 6) is 0. The molecule has 7 rings (SSSR count). The normalized spacial score (nSPS) is 16.7. The van der Waals surface area contributed by atoms with Crippen molar-refractivity contribution in [2.24, 2.45) is 0 Å². The summed E-state index contributed by atoms with van der Waals surface area (Å²) in [5, 5.41) is 0. The summed E-state index contributed by atoms with van der Waals surface area (Å²) in [6, 6.07) is 29.1. The molecular weight excluding hydrogens is 574 g/mol. The molecule has 0 radical (unpaired) electrons. The fraction of sp³-hybridized carbons (Fsp3) is 0.194. The number of pyridine rings is 1. The van der Waals surface area contributed by atoms with E-state index in [1.54, 1.807) is 12.3 Å². The molecule has 1 heterocycles. The minimum Gasteiger partial charge on any atom is -0.260 e. The molecule has 2 nitrogen and oxygen atoms in total. The van der Waals surface area contributed by atoms with E-state index in [1.165, 1.54) is 0 Å². The van der Waals surface area contributed by atoms with E-state index in [2.05, 4.69) is 6.07 Å². The highest BCUT2D eigenvalue weighted by Crippen LogP contribution is 2.61. The monoisotopic (exact) mass is 600 g/mol. The third-order valence-electron chi connectivity index (χ3n) is 8.97. The Hall–Kier alpha value is -4.43. The molecule has 0 aliphatic heterocycles. The van der Waals surface area contributed by atoms with Crippen LogP contribution in [0.4, 0.5) is 26.3 Å². The molecule has 2 bridgehead atoms. The maximum Gasteiger partial charge on any atom is 0.467 e. The lowest BCUT2D eigenvalue weighted by Gasteiger charge is -2.38. The summed E-state index contributed by atoms with van der Waals surface area (Å²) in [7, 11) is 0. The fourth-order valence-corrected chi connectivity index (χ4v) is 7.32. The van der Waals surface area contributed by atoms with Gasteiger partial charge in [-0.1, -0.05) is 84.4 Å². The molecule has 0 saturated heterocycles. The van der Waals surface area contributed by atoms with Gasteiger partial charge in [0.15, 0.2) is 0 Å². The van der Waals surface area contributed by atoms with Gasteiger partial charge in [-0.25, -0.2) is 0 Å². The second kappa shape index (κ2) is 9.79. The molecule has 0 spiro atoms. The van der Waals surface area contributed by atoms with Crippen LogP contribution in [0.2, 0.25) is 0 Å². The Labute approximate surface area is 250 Å². The summed E-state index contributed by atoms with van der Waals surface area (Å²) < 4.78 is 83.0. The minimum atomic E-state index is -5.59. The molecular formula is C36H26F6N2. The van der Waals surface area contributed by atoms with Crippen LogP contribution in [0, 0.1) is 13.8 Å². The summed E-state index contributed by atoms with van der Waals surface area (Å²) in [4.78, 5) is 3.53. The van der Waals surface area contributed by atoms with Crippen molar-refractivity contribution in [1.82, 2.24) is 9.88 Å². The van der Waals surface area contributed by atoms with Gasteiger partial charge < -0.3 is 0 Å². The van der Waals surface area contributed by atoms with Crippen molar-refractivity contribution in [1.29, 1.82) is 0 Å². The van der Waals surface area contributed by atoms with Gasteiger partial charge >= 0.3 is 12.6 Å². The average Bonchev–Trinajstić information content (AvgIpc) is 3.25. The number of fused-ring (bicyclic) bond motifs is 9. The minimum absolute atomic E-state index is 0.450. The van der Waals surface area contributed by atoms with Crippen LogP contribution in [-0.2, 0) is 11.8 Å². The number of hydrogen-bond donors (Lipinski definition) is 0. The van der Waals surface area contributed by atoms with Crippen molar-refractivity contribution in [3.63, 3.8) is 0 Å². The van der Waals surface area contributed by atoms with E-state index < -0.39 is 35.9 Å². The second-order valence-electron chi connectivity index (χ2n) is 11.4. The Kier molecular flexibility index (Phi) is 6.31. The van der Waals surface area contributed by atoms with Gasteiger partial charge in [0.25, 0.3) is 0 Å². The highest BCUT2D eigenvalue weighted by Gasteiger charge is 2.55. The van der Waals surface area contributed by atoms with Crippen LogP contribution in [0.1, 0.15) is 39.1 Å². The molecule has 5 aromatic rings. The maximum absolute atomic E-state index is 13.8. The Bertz CT molecular complexity index is 1910. The van der Waals surface area contributed by atoms with Crippen molar-refractivity contribution in [2.75, 3.05) is 6.54 Å². The first-order chi connectivity index (χ1) is 20.9. The molecule has 0 fully saturated rings. The average molecular weight is 601 g/mol. The van der Waals surface area contributed by atoms with Crippen molar-refractivity contribution < 1.29 is 26.3 Å². The van der Waals surface area contributed by atoms with Crippen LogP contribution in [0.3, 0.4) is 0 Å². The number of rotatable bonds is 4. The van der Waals surface area contributed by atoms with E-state index in [9.17, 15) is 26.3 Å². The second-order valence-corrected chi connectivity index (χ2v) is 11.4. The number of nitrogens with zero attached hydrogens (tertiary/aromatic N) is 2. The topological polar surface area (TPSA) is 16.1 Å². The summed E-state index contributed by atoms with van der Waals surface area (Å²) in [6.07, 6.45) is -10.00. The molecule has 2 aliphatic carbocycles. The summed E-state index contributed by atoms with van der Waals surface area (Å²) >= 11 is 0. The molecule has 0 saturated carbocycles. The number of benzene rings is 4. The van der Waals surface area contributed by atoms with Gasteiger partial charge in [0, 0.05) is 12.7 Å². The highest BCUT2D eigenvalue weighted by atomic mass is 19.4. The Balaban J connectivity index is 1.66. The van der Waals surface area contributed by atoms with Gasteiger partial charge in [-0.3, -0.25) is 4.98 Å². The molecule has 4 aromatic carbocycles. The smallest absolute Gasteiger partial charge is 0.260 e. The number of hydrogen-bond acceptors (Lipinski definition) is 2. The van der Waals surface area contributed by atoms with Crippen molar-refractivity contribution >= 4 is 0 Å². The fourth-order valence-electron chi connectivity index (χ4n) is 7.32. The van der Waals surface area contributed by atoms with Gasteiger partial charge in [0.2, 0.25) is 0 Å². The molecule has 1 unspecified atom stereocenters. The lowest BCUT2D eigenvalue weighted by molar-refractivity contribution is -0.372. The van der Waals surface area contributed by atoms with E-state index in [-0.39, 0.29) is 0 Å². The zero-order chi connectivity index (χ0) is 31.0. The van der Waals surface area contributed by atoms with Gasteiger partial charge in [0.1, 0.15) is 0 Å². The molecule has 0 N–H and O–H groups in total. The van der Waals surface area contributed by atoms with E-state index in [1.807, 2.05) is 92.7 Å². The summed E-state index contributed by atoms with van der Waals surface area (Å²) in [6.45, 7) is 2.61. The van der Waals surface area contributed by atoms with Crippen LogP contribution in [0.15, 0.2) is 97.2 Å². The predicted octanol–water partition coefficient (Wildman–Crippen LogP) is 9.59. The Morgan fingerprint density at radius 2 is 1.32 bits per heavy atom. The lowest BCUT2D eigenvalue weighted by Crippen LogP contribution is -2.49. The Morgan fingerprint density at radius 3 is 2.05 bits per heavy atom. The van der Waals surface area contributed by atoms with Crippen molar-refractivity contribution in [3.8, 4) is 33.4 Å². The first kappa shape index (κ1) is 28.3. The standard InChI is InChI=1S/C36H26F6N2/c1-21-13-14-24-27-16-15-26-28(17-19-44(35(37,38)39)36(40,41)42)33(27)34(30(24)20-21,31-12-5-6-18-43-31)29-11-4-3-9-23(29)25-10-7-8-22(2)32(25)26/h3-16,18,20H,17,19H2,1-2H3. The van der Waals surface area contributed by atoms with E-state index in [0.29, 0.717) is 22.4 Å². The number of aromatic nitrogens is 1. The zero-order valence-electron chi connectivity index (χ0n) is 23.8. The molecule has 8 heteroatoms. The van der Waals surface area contributed by atoms with Crippen LogP contribution < -0.4 is 0 Å². The highest BCUT2D eigenvalue weighted by molar-refractivity contribution is 5.98. The molecule has 44 heavy (non-hydrogen) atoms. The first-order valence-corrected chi connectivity index (χ1v) is 14.2. The summed E-state index contributed by atoms with van der Waals surface area (Å²) in [5.41, 5.74) is 9.18. The molecule has 0 amide bonds. The zero-order valence-corrected chi connectivity index (χ0v) is 23.8. The van der Waals surface area contributed by atoms with Gasteiger partial charge in [0.05, 0.1) is 11.1 Å². The third-order valence-corrected chi connectivity index (χ3v) is 8.97. The number of aryl methyl sites for hydroxylation is 2. The van der Waals surface area contributed by atoms with Crippen LogP contribution in [0.25, 0.3) is 33.4 Å². The van der Waals surface area contributed by atoms with Crippen LogP contribution in [-0.4, -0.2) is 29.0 Å². The third kappa shape index (κ3) is 4.04. The predicted molar refractivity (Wildman–Crippen MR) is 158 cm³/mol. The van der Waals surface area contributed by atoms with Crippen molar-refractivity contribution in [2.45, 2.75) is 38.3 Å². The van der Waals surface area contributed by atoms with Gasteiger partial charge in [-0.15, -0.1) is 4.90 Å². The van der Waals surface area contributed by atoms with Crippen molar-refractivity contribution in [3.05, 3.63) is 136 Å². The number of halogens is 6. The molecule has 2 aliphatic rings. The molecule has 222 valence electrons. The molecule has 1 aromatic heterocycles. The van der Waals surface area contributed by atoms with Crippen LogP contribution >= 0.6 is 0 Å².